The molecule has 0 aliphatic rings. The molecule has 0 heterocycles. The second kappa shape index (κ2) is 80.1. The Morgan fingerprint density at radius 2 is 0.301 bits per heavy atom. The van der Waals surface area contributed by atoms with E-state index in [9.17, 15) is 19.8 Å². The average molecular weight is 1200 g/mol. The predicted molar refractivity (Wildman–Crippen MR) is 367 cm³/mol. The summed E-state index contributed by atoms with van der Waals surface area (Å²) in [7, 11) is 0. The summed E-state index contributed by atoms with van der Waals surface area (Å²) < 4.78 is 0. The normalized spacial score (nSPS) is 11.4. The molecule has 0 atom stereocenters. The predicted octanol–water partition coefficient (Wildman–Crippen LogP) is 22.7. The van der Waals surface area contributed by atoms with E-state index in [4.69, 9.17) is 0 Å². The summed E-state index contributed by atoms with van der Waals surface area (Å²) >= 11 is 0. The molecule has 83 heavy (non-hydrogen) atoms. The number of carboxylic acids is 2. The van der Waals surface area contributed by atoms with Crippen LogP contribution < -0.4 is 10.2 Å². The number of aliphatic carboxylic acids is 2. The van der Waals surface area contributed by atoms with E-state index in [1.807, 2.05) is 0 Å². The minimum Gasteiger partial charge on any atom is -0.550 e. The van der Waals surface area contributed by atoms with Crippen LogP contribution in [0.4, 0.5) is 0 Å². The van der Waals surface area contributed by atoms with E-state index >= 15 is 0 Å². The number of hydrogen-bond donors (Lipinski definition) is 0. The van der Waals surface area contributed by atoms with Gasteiger partial charge < -0.3 is 29.6 Å². The molecule has 0 saturated heterocycles. The van der Waals surface area contributed by atoms with Crippen LogP contribution in [-0.2, 0) is 9.59 Å². The second-order valence-corrected chi connectivity index (χ2v) is 26.4. The van der Waals surface area contributed by atoms with Crippen molar-refractivity contribution in [3.63, 3.8) is 0 Å². The Bertz CT molecular complexity index is 1020. The second-order valence-electron chi connectivity index (χ2n) is 26.4. The van der Waals surface area contributed by atoms with E-state index in [0.717, 1.165) is 51.6 Å². The zero-order valence-electron chi connectivity index (χ0n) is 57.7. The first kappa shape index (κ1) is 87.3. The fourth-order valence-corrected chi connectivity index (χ4v) is 12.4. The Labute approximate surface area is 553 Å². The zero-order valence-corrected chi connectivity index (χ0v) is 59.9. The van der Waals surface area contributed by atoms with Crippen LogP contribution in [0.25, 0.3) is 0 Å². The summed E-state index contributed by atoms with van der Waals surface area (Å²) in [6.07, 6.45) is 85.6. The molecular weight excluding hydrogens is 1040 g/mol. The zero-order chi connectivity index (χ0) is 59.8. The minimum absolute atomic E-state index is 0. The van der Waals surface area contributed by atoms with Crippen molar-refractivity contribution in [1.29, 1.82) is 0 Å². The maximum Gasteiger partial charge on any atom is 2.00 e. The Kier molecular flexibility index (Phi) is 84.3. The van der Waals surface area contributed by atoms with E-state index in [0.29, 0.717) is 0 Å². The molecule has 0 aromatic heterocycles. The van der Waals surface area contributed by atoms with Crippen LogP contribution in [0.3, 0.4) is 0 Å². The van der Waals surface area contributed by atoms with Crippen molar-refractivity contribution in [2.75, 3.05) is 39.3 Å². The fraction of sp³-hybridized carbons (Fsp3) is 0.974. The summed E-state index contributed by atoms with van der Waals surface area (Å²) in [4.78, 5) is 26.7. The topological polar surface area (TPSA) is 86.7 Å². The van der Waals surface area contributed by atoms with Crippen molar-refractivity contribution in [2.45, 2.75) is 439 Å². The Balaban J connectivity index is -0.00000152. The van der Waals surface area contributed by atoms with Crippen molar-refractivity contribution in [3.05, 3.63) is 0 Å². The number of carbonyl (C=O) groups excluding carboxylic acids is 2. The molecule has 0 unspecified atom stereocenters. The standard InChI is InChI=1S/2C38H77NO2.Ca/c2*1-3-5-7-9-11-13-15-17-19-21-23-25-27-31-35-39(37-33-29-30-34-38(40)41)36-32-28-26-24-22-20-18-16-14-12-10-8-6-4-2;/h2*3-37H2,1-2H3,(H,40,41);/q;;+2/p-2. The Morgan fingerprint density at radius 3 is 0.422 bits per heavy atom. The molecule has 0 N–H and O–H groups in total. The molecule has 0 aliphatic carbocycles. The van der Waals surface area contributed by atoms with Gasteiger partial charge in [0.2, 0.25) is 0 Å². The maximum absolute atomic E-state index is 10.7. The molecule has 0 amide bonds. The molecule has 0 aromatic rings. The quantitative estimate of drug-likeness (QED) is 0.0445. The number of nitrogens with zero attached hydrogens (tertiary/aromatic N) is 2. The molecule has 0 saturated carbocycles. The molecule has 0 spiro atoms. The number of hydrogen-bond acceptors (Lipinski definition) is 6. The molecule has 492 valence electrons. The first-order valence-corrected chi connectivity index (χ1v) is 38.2. The molecule has 0 aromatic carbocycles. The third-order valence-electron chi connectivity index (χ3n) is 18.0. The van der Waals surface area contributed by atoms with Gasteiger partial charge in [-0.05, 0) is 103 Å². The molecule has 0 radical (unpaired) electrons. The molecule has 6 nitrogen and oxygen atoms in total. The van der Waals surface area contributed by atoms with E-state index in [1.165, 1.54) is 386 Å². The maximum atomic E-state index is 10.7. The van der Waals surface area contributed by atoms with Crippen LogP contribution >= 0.6 is 0 Å². The van der Waals surface area contributed by atoms with Gasteiger partial charge in [-0.3, -0.25) is 0 Å². The molecule has 0 fully saturated rings. The van der Waals surface area contributed by atoms with Crippen molar-refractivity contribution in [2.24, 2.45) is 0 Å². The third kappa shape index (κ3) is 82.1. The molecule has 7 heteroatoms. The van der Waals surface area contributed by atoms with Gasteiger partial charge in [-0.2, -0.15) is 0 Å². The van der Waals surface area contributed by atoms with Crippen LogP contribution in [0.2, 0.25) is 0 Å². The van der Waals surface area contributed by atoms with Crippen LogP contribution in [0.15, 0.2) is 0 Å². The smallest absolute Gasteiger partial charge is 0.550 e. The van der Waals surface area contributed by atoms with Crippen molar-refractivity contribution in [3.8, 4) is 0 Å². The van der Waals surface area contributed by atoms with Gasteiger partial charge in [-0.1, -0.05) is 374 Å². The monoisotopic (exact) mass is 1200 g/mol. The molecule has 0 rings (SSSR count). The van der Waals surface area contributed by atoms with Gasteiger partial charge in [0, 0.05) is 11.9 Å². The minimum atomic E-state index is -0.897. The molecular formula is C76H152CaN2O4. The fourth-order valence-electron chi connectivity index (χ4n) is 12.4. The summed E-state index contributed by atoms with van der Waals surface area (Å²) in [6, 6.07) is 0. The summed E-state index contributed by atoms with van der Waals surface area (Å²) in [6.45, 7) is 16.4. The Hall–Kier alpha value is 0.120. The van der Waals surface area contributed by atoms with Gasteiger partial charge in [0.25, 0.3) is 0 Å². The van der Waals surface area contributed by atoms with Crippen LogP contribution in [-0.4, -0.2) is 98.7 Å². The number of carboxylic acid groups (broad SMARTS) is 2. The largest absolute Gasteiger partial charge is 2.00 e. The summed E-state index contributed by atoms with van der Waals surface area (Å²) in [5.74, 6) is -1.79. The van der Waals surface area contributed by atoms with Crippen LogP contribution in [0.1, 0.15) is 439 Å². The Morgan fingerprint density at radius 1 is 0.193 bits per heavy atom. The van der Waals surface area contributed by atoms with Gasteiger partial charge >= 0.3 is 37.7 Å². The van der Waals surface area contributed by atoms with Gasteiger partial charge in [0.05, 0.1) is 0 Å². The summed E-state index contributed by atoms with van der Waals surface area (Å²) in [5.41, 5.74) is 0. The van der Waals surface area contributed by atoms with Crippen LogP contribution in [0.5, 0.6) is 0 Å². The average Bonchev–Trinajstić information content (AvgIpc) is 3.46. The van der Waals surface area contributed by atoms with E-state index in [2.05, 4.69) is 37.5 Å². The van der Waals surface area contributed by atoms with E-state index < -0.39 is 11.9 Å². The van der Waals surface area contributed by atoms with E-state index in [-0.39, 0.29) is 50.6 Å². The number of rotatable bonds is 72. The van der Waals surface area contributed by atoms with Crippen LogP contribution in [0, 0.1) is 0 Å². The van der Waals surface area contributed by atoms with Gasteiger partial charge in [0.15, 0.2) is 0 Å². The first-order valence-electron chi connectivity index (χ1n) is 38.2. The van der Waals surface area contributed by atoms with Crippen molar-refractivity contribution >= 4 is 49.7 Å². The molecule has 0 bridgehead atoms. The SMILES string of the molecule is CCCCCCCCCCCCCCCCN(CCCCCCCCCCCCCCCC)CCCCCC(=O)[O-].CCCCCCCCCCCCCCCCN(CCCCCCCCCCCCCCCC)CCCCCC(=O)[O-].[Ca+2]. The van der Waals surface area contributed by atoms with E-state index in [1.54, 1.807) is 0 Å². The van der Waals surface area contributed by atoms with Crippen molar-refractivity contribution in [1.82, 2.24) is 9.80 Å². The third-order valence-corrected chi connectivity index (χ3v) is 18.0. The summed E-state index contributed by atoms with van der Waals surface area (Å²) in [5, 5.41) is 21.4. The van der Waals surface area contributed by atoms with Gasteiger partial charge in [-0.15, -0.1) is 0 Å². The number of unbranched alkanes of at least 4 members (excludes halogenated alkanes) is 56. The van der Waals surface area contributed by atoms with Gasteiger partial charge in [0.1, 0.15) is 0 Å². The first-order chi connectivity index (χ1) is 40.4. The van der Waals surface area contributed by atoms with Gasteiger partial charge in [-0.25, -0.2) is 0 Å². The molecule has 0 aliphatic heterocycles. The number of carbonyl (C=O) groups is 2. The van der Waals surface area contributed by atoms with Crippen molar-refractivity contribution < 1.29 is 19.8 Å².